The molecule has 2 amide bonds. The van der Waals surface area contributed by atoms with Gasteiger partial charge in [0, 0.05) is 23.0 Å². The Kier molecular flexibility index (Phi) is 6.49. The Labute approximate surface area is 174 Å². The molecule has 1 aliphatic carbocycles. The van der Waals surface area contributed by atoms with E-state index in [9.17, 15) is 14.4 Å². The number of anilines is 2. The molecule has 1 aromatic carbocycles. The van der Waals surface area contributed by atoms with Gasteiger partial charge in [-0.15, -0.1) is 17.9 Å². The Bertz CT molecular complexity index is 932. The van der Waals surface area contributed by atoms with E-state index in [1.807, 2.05) is 32.0 Å². The number of amides is 2. The van der Waals surface area contributed by atoms with Gasteiger partial charge in [0.25, 0.3) is 5.91 Å². The van der Waals surface area contributed by atoms with Gasteiger partial charge in [-0.1, -0.05) is 24.3 Å². The number of nitrogens with one attached hydrogen (secondary N) is 1. The monoisotopic (exact) mass is 412 g/mol. The fraction of sp³-hybridized carbons (Fsp3) is 0.318. The highest BCUT2D eigenvalue weighted by molar-refractivity contribution is 7.16. The first kappa shape index (κ1) is 20.8. The predicted molar refractivity (Wildman–Crippen MR) is 114 cm³/mol. The number of hydrogen-bond acceptors (Lipinski definition) is 5. The Morgan fingerprint density at radius 2 is 1.93 bits per heavy atom. The van der Waals surface area contributed by atoms with E-state index in [2.05, 4.69) is 11.9 Å². The first-order valence-electron chi connectivity index (χ1n) is 9.46. The summed E-state index contributed by atoms with van der Waals surface area (Å²) in [5, 5.41) is 3.33. The maximum atomic E-state index is 12.7. The minimum absolute atomic E-state index is 0.0292. The summed E-state index contributed by atoms with van der Waals surface area (Å²) >= 11 is 1.35. The van der Waals surface area contributed by atoms with Gasteiger partial charge in [0.05, 0.1) is 5.56 Å². The van der Waals surface area contributed by atoms with E-state index in [0.717, 1.165) is 23.3 Å². The fourth-order valence-corrected chi connectivity index (χ4v) is 3.94. The zero-order chi connectivity index (χ0) is 21.0. The lowest BCUT2D eigenvalue weighted by molar-refractivity contribution is -0.121. The van der Waals surface area contributed by atoms with Crippen molar-refractivity contribution in [2.24, 2.45) is 5.92 Å². The van der Waals surface area contributed by atoms with Gasteiger partial charge in [-0.3, -0.25) is 9.59 Å². The van der Waals surface area contributed by atoms with Crippen molar-refractivity contribution in [3.8, 4) is 0 Å². The number of thiophene rings is 1. The molecule has 6 nitrogen and oxygen atoms in total. The lowest BCUT2D eigenvalue weighted by Gasteiger charge is -2.21. The van der Waals surface area contributed by atoms with Crippen LogP contribution in [0.5, 0.6) is 0 Å². The van der Waals surface area contributed by atoms with Gasteiger partial charge in [-0.05, 0) is 44.4 Å². The van der Waals surface area contributed by atoms with E-state index in [-0.39, 0.29) is 17.7 Å². The van der Waals surface area contributed by atoms with Crippen molar-refractivity contribution in [3.63, 3.8) is 0 Å². The zero-order valence-electron chi connectivity index (χ0n) is 16.6. The van der Waals surface area contributed by atoms with Crippen molar-refractivity contribution in [2.75, 3.05) is 23.4 Å². The van der Waals surface area contributed by atoms with Crippen LogP contribution in [0.2, 0.25) is 0 Å². The topological polar surface area (TPSA) is 75.7 Å². The van der Waals surface area contributed by atoms with Crippen molar-refractivity contribution < 1.29 is 19.1 Å². The summed E-state index contributed by atoms with van der Waals surface area (Å²) in [7, 11) is 0. The van der Waals surface area contributed by atoms with Crippen LogP contribution >= 0.6 is 11.3 Å². The Hall–Kier alpha value is -2.93. The van der Waals surface area contributed by atoms with Crippen molar-refractivity contribution in [3.05, 3.63) is 59.0 Å². The lowest BCUT2D eigenvalue weighted by Crippen LogP contribution is -2.35. The molecular weight excluding hydrogens is 388 g/mol. The number of para-hydroxylation sites is 1. The molecular formula is C22H24N2O4S. The summed E-state index contributed by atoms with van der Waals surface area (Å²) in [5.74, 6) is -1.00. The van der Waals surface area contributed by atoms with Gasteiger partial charge >= 0.3 is 5.97 Å². The second-order valence-corrected chi connectivity index (χ2v) is 8.18. The molecule has 2 aromatic rings. The molecule has 0 bridgehead atoms. The standard InChI is InChI=1S/C22H24N2O4S/c1-4-12-24(17-8-6-5-7-9-17)18(25)13-28-22(27)19-14(2)15(3)29-21(19)23-20(26)16-10-11-16/h4-9,16H,1,10-13H2,2-3H3,(H,23,26). The minimum Gasteiger partial charge on any atom is -0.452 e. The molecule has 1 saturated carbocycles. The normalized spacial score (nSPS) is 12.9. The smallest absolute Gasteiger partial charge is 0.341 e. The van der Waals surface area contributed by atoms with E-state index >= 15 is 0 Å². The highest BCUT2D eigenvalue weighted by Crippen LogP contribution is 2.36. The largest absolute Gasteiger partial charge is 0.452 e. The molecule has 1 aliphatic rings. The number of rotatable bonds is 8. The second kappa shape index (κ2) is 9.05. The lowest BCUT2D eigenvalue weighted by atomic mass is 10.1. The zero-order valence-corrected chi connectivity index (χ0v) is 17.4. The van der Waals surface area contributed by atoms with Crippen molar-refractivity contribution in [2.45, 2.75) is 26.7 Å². The van der Waals surface area contributed by atoms with E-state index in [0.29, 0.717) is 22.8 Å². The Morgan fingerprint density at radius 1 is 1.24 bits per heavy atom. The number of benzene rings is 1. The SMILES string of the molecule is C=CCN(C(=O)COC(=O)c1c(NC(=O)C2CC2)sc(C)c1C)c1ccccc1. The highest BCUT2D eigenvalue weighted by atomic mass is 32.1. The van der Waals surface area contributed by atoms with Crippen molar-refractivity contribution in [1.29, 1.82) is 0 Å². The molecule has 152 valence electrons. The van der Waals surface area contributed by atoms with Crippen molar-refractivity contribution >= 4 is 39.8 Å². The number of carbonyl (C=O) groups is 3. The van der Waals surface area contributed by atoms with Gasteiger partial charge in [0.1, 0.15) is 5.00 Å². The molecule has 0 atom stereocenters. The molecule has 0 spiro atoms. The van der Waals surface area contributed by atoms with Gasteiger partial charge < -0.3 is 15.0 Å². The number of esters is 1. The summed E-state index contributed by atoms with van der Waals surface area (Å²) in [6.07, 6.45) is 3.37. The van der Waals surface area contributed by atoms with E-state index in [1.54, 1.807) is 18.2 Å². The number of ether oxygens (including phenoxy) is 1. The maximum absolute atomic E-state index is 12.7. The van der Waals surface area contributed by atoms with Crippen LogP contribution in [0.4, 0.5) is 10.7 Å². The third-order valence-corrected chi connectivity index (χ3v) is 5.90. The summed E-state index contributed by atoms with van der Waals surface area (Å²) in [5.41, 5.74) is 1.78. The molecule has 1 heterocycles. The number of aryl methyl sites for hydroxylation is 1. The van der Waals surface area contributed by atoms with Crippen molar-refractivity contribution in [1.82, 2.24) is 0 Å². The predicted octanol–water partition coefficient (Wildman–Crippen LogP) is 4.09. The maximum Gasteiger partial charge on any atom is 0.341 e. The molecule has 0 aliphatic heterocycles. The van der Waals surface area contributed by atoms with E-state index < -0.39 is 12.6 Å². The number of carbonyl (C=O) groups excluding carboxylic acids is 3. The van der Waals surface area contributed by atoms with Crippen LogP contribution in [-0.4, -0.2) is 30.9 Å². The van der Waals surface area contributed by atoms with Crippen LogP contribution in [0.1, 0.15) is 33.6 Å². The average molecular weight is 413 g/mol. The van der Waals surface area contributed by atoms with E-state index in [1.165, 1.54) is 16.2 Å². The third kappa shape index (κ3) is 4.92. The van der Waals surface area contributed by atoms with Gasteiger partial charge in [-0.2, -0.15) is 0 Å². The summed E-state index contributed by atoms with van der Waals surface area (Å²) in [6.45, 7) is 7.29. The molecule has 7 heteroatoms. The van der Waals surface area contributed by atoms with Crippen LogP contribution in [0.3, 0.4) is 0 Å². The molecule has 1 N–H and O–H groups in total. The Morgan fingerprint density at radius 3 is 2.55 bits per heavy atom. The Balaban J connectivity index is 1.70. The van der Waals surface area contributed by atoms with Gasteiger partial charge in [-0.25, -0.2) is 4.79 Å². The highest BCUT2D eigenvalue weighted by Gasteiger charge is 2.32. The minimum atomic E-state index is -0.613. The molecule has 29 heavy (non-hydrogen) atoms. The van der Waals surface area contributed by atoms with Crippen LogP contribution in [0.15, 0.2) is 43.0 Å². The second-order valence-electron chi connectivity index (χ2n) is 6.96. The van der Waals surface area contributed by atoms with E-state index in [4.69, 9.17) is 4.74 Å². The first-order chi connectivity index (χ1) is 13.9. The summed E-state index contributed by atoms with van der Waals surface area (Å²) < 4.78 is 5.32. The van der Waals surface area contributed by atoms with Gasteiger partial charge in [0.2, 0.25) is 5.91 Å². The molecule has 3 rings (SSSR count). The summed E-state index contributed by atoms with van der Waals surface area (Å²) in [6, 6.07) is 9.13. The molecule has 0 unspecified atom stereocenters. The van der Waals surface area contributed by atoms with Gasteiger partial charge in [0.15, 0.2) is 6.61 Å². The van der Waals surface area contributed by atoms with Crippen LogP contribution in [0.25, 0.3) is 0 Å². The molecule has 0 radical (unpaired) electrons. The first-order valence-corrected chi connectivity index (χ1v) is 10.3. The average Bonchev–Trinajstić information content (AvgIpc) is 3.52. The summed E-state index contributed by atoms with van der Waals surface area (Å²) in [4.78, 5) is 39.9. The molecule has 0 saturated heterocycles. The quantitative estimate of drug-likeness (QED) is 0.523. The van der Waals surface area contributed by atoms with Crippen LogP contribution in [0, 0.1) is 19.8 Å². The molecule has 1 fully saturated rings. The van der Waals surface area contributed by atoms with Crippen LogP contribution in [-0.2, 0) is 14.3 Å². The van der Waals surface area contributed by atoms with Crippen LogP contribution < -0.4 is 10.2 Å². The number of hydrogen-bond donors (Lipinski definition) is 1. The third-order valence-electron chi connectivity index (χ3n) is 4.78. The molecule has 1 aromatic heterocycles. The fourth-order valence-electron chi connectivity index (χ4n) is 2.89. The number of nitrogens with zero attached hydrogens (tertiary/aromatic N) is 1.